The maximum Gasteiger partial charge on any atom is 0.410 e. The zero-order valence-corrected chi connectivity index (χ0v) is 12.6. The number of carbonyl (C=O) groups excluding carboxylic acids is 2. The highest BCUT2D eigenvalue weighted by atomic mass is 16.6. The number of ether oxygens (including phenoxy) is 1. The topological polar surface area (TPSA) is 66.8 Å². The van der Waals surface area contributed by atoms with Gasteiger partial charge in [-0.3, -0.25) is 9.69 Å². The van der Waals surface area contributed by atoms with Gasteiger partial charge >= 0.3 is 6.09 Å². The highest BCUT2D eigenvalue weighted by Crippen LogP contribution is 2.26. The van der Waals surface area contributed by atoms with E-state index >= 15 is 0 Å². The molecule has 2 rings (SSSR count). The van der Waals surface area contributed by atoms with Gasteiger partial charge in [-0.15, -0.1) is 0 Å². The van der Waals surface area contributed by atoms with Crippen molar-refractivity contribution in [2.45, 2.75) is 45.3 Å². The van der Waals surface area contributed by atoms with Crippen LogP contribution in [0.15, 0.2) is 24.3 Å². The molecule has 114 valence electrons. The predicted octanol–water partition coefficient (Wildman–Crippen LogP) is 2.97. The molecule has 0 unspecified atom stereocenters. The van der Waals surface area contributed by atoms with Gasteiger partial charge in [0.2, 0.25) is 0 Å². The molecular weight excluding hydrogens is 270 g/mol. The third-order valence-electron chi connectivity index (χ3n) is 3.35. The Labute approximate surface area is 124 Å². The van der Waals surface area contributed by atoms with Gasteiger partial charge in [-0.2, -0.15) is 0 Å². The summed E-state index contributed by atoms with van der Waals surface area (Å²) in [7, 11) is 0. The summed E-state index contributed by atoms with van der Waals surface area (Å²) in [6.07, 6.45) is 0.865. The van der Waals surface area contributed by atoms with Crippen LogP contribution < -0.4 is 0 Å². The number of benzene rings is 1. The number of nitrogens with zero attached hydrogens (tertiary/aromatic N) is 1. The van der Waals surface area contributed by atoms with Crippen molar-refractivity contribution in [1.29, 1.82) is 0 Å². The molecule has 1 saturated heterocycles. The number of likely N-dealkylation sites (tertiary alicyclic amines) is 1. The molecule has 0 aliphatic carbocycles. The summed E-state index contributed by atoms with van der Waals surface area (Å²) in [6, 6.07) is 5.84. The molecule has 1 aliphatic rings. The van der Waals surface area contributed by atoms with Gasteiger partial charge in [0.15, 0.2) is 5.78 Å². The Kier molecular flexibility index (Phi) is 4.21. The van der Waals surface area contributed by atoms with E-state index in [2.05, 4.69) is 0 Å². The molecule has 5 nitrogen and oxygen atoms in total. The van der Waals surface area contributed by atoms with Crippen molar-refractivity contribution in [3.8, 4) is 5.75 Å². The third kappa shape index (κ3) is 3.54. The molecule has 0 saturated carbocycles. The molecule has 1 atom stereocenters. The number of amides is 1. The largest absolute Gasteiger partial charge is 0.507 e. The van der Waals surface area contributed by atoms with Crippen molar-refractivity contribution < 1.29 is 19.4 Å². The molecule has 1 aromatic carbocycles. The zero-order chi connectivity index (χ0) is 15.6. The standard InChI is InChI=1S/C16H21NO4/c1-16(2,3)21-15(20)17-10-6-8-12(17)14(19)11-7-4-5-9-13(11)18/h4-5,7,9,12,18H,6,8,10H2,1-3H3/t12-/m0/s1. The van der Waals surface area contributed by atoms with E-state index in [0.29, 0.717) is 13.0 Å². The number of hydrogen-bond donors (Lipinski definition) is 1. The second-order valence-corrected chi connectivity index (χ2v) is 6.21. The molecule has 1 aromatic rings. The van der Waals surface area contributed by atoms with Crippen molar-refractivity contribution in [2.75, 3.05) is 6.54 Å². The van der Waals surface area contributed by atoms with Crippen molar-refractivity contribution in [1.82, 2.24) is 4.90 Å². The van der Waals surface area contributed by atoms with Crippen molar-refractivity contribution in [3.63, 3.8) is 0 Å². The minimum absolute atomic E-state index is 0.0569. The highest BCUT2D eigenvalue weighted by molar-refractivity contribution is 6.03. The average molecular weight is 291 g/mol. The highest BCUT2D eigenvalue weighted by Gasteiger charge is 2.37. The Morgan fingerprint density at radius 1 is 1.29 bits per heavy atom. The van der Waals surface area contributed by atoms with Gasteiger partial charge in [0.25, 0.3) is 0 Å². The third-order valence-corrected chi connectivity index (χ3v) is 3.35. The summed E-state index contributed by atoms with van der Waals surface area (Å²) in [6.45, 7) is 5.88. The average Bonchev–Trinajstić information content (AvgIpc) is 2.85. The van der Waals surface area contributed by atoms with Crippen molar-refractivity contribution in [2.24, 2.45) is 0 Å². The summed E-state index contributed by atoms with van der Waals surface area (Å²) in [5.74, 6) is -0.296. The number of Topliss-reactive ketones (excluding diaryl/α,β-unsaturated/α-hetero) is 1. The lowest BCUT2D eigenvalue weighted by molar-refractivity contribution is 0.0222. The van der Waals surface area contributed by atoms with Crippen LogP contribution in [-0.4, -0.2) is 40.1 Å². The van der Waals surface area contributed by atoms with Gasteiger partial charge in [-0.25, -0.2) is 4.79 Å². The molecule has 1 fully saturated rings. The van der Waals surface area contributed by atoms with Crippen LogP contribution in [0.3, 0.4) is 0 Å². The summed E-state index contributed by atoms with van der Waals surface area (Å²) < 4.78 is 5.34. The molecule has 5 heteroatoms. The maximum absolute atomic E-state index is 12.5. The first-order chi connectivity index (χ1) is 9.79. The van der Waals surface area contributed by atoms with E-state index in [1.165, 1.54) is 11.0 Å². The maximum atomic E-state index is 12.5. The molecule has 1 amide bonds. The van der Waals surface area contributed by atoms with E-state index < -0.39 is 17.7 Å². The fourth-order valence-electron chi connectivity index (χ4n) is 2.44. The first-order valence-corrected chi connectivity index (χ1v) is 7.11. The minimum Gasteiger partial charge on any atom is -0.507 e. The fourth-order valence-corrected chi connectivity index (χ4v) is 2.44. The van der Waals surface area contributed by atoms with Gasteiger partial charge in [0.05, 0.1) is 11.6 Å². The van der Waals surface area contributed by atoms with Crippen LogP contribution >= 0.6 is 0 Å². The summed E-state index contributed by atoms with van der Waals surface area (Å²) in [5, 5.41) is 9.80. The Bertz CT molecular complexity index is 547. The van der Waals surface area contributed by atoms with Gasteiger partial charge in [-0.05, 0) is 45.7 Å². The van der Waals surface area contributed by atoms with Gasteiger partial charge in [-0.1, -0.05) is 12.1 Å². The van der Waals surface area contributed by atoms with Crippen LogP contribution in [0.1, 0.15) is 44.0 Å². The molecule has 1 aliphatic heterocycles. The zero-order valence-electron chi connectivity index (χ0n) is 12.6. The predicted molar refractivity (Wildman–Crippen MR) is 78.4 cm³/mol. The van der Waals surface area contributed by atoms with Crippen LogP contribution in [0.2, 0.25) is 0 Å². The molecular formula is C16H21NO4. The number of rotatable bonds is 2. The van der Waals surface area contributed by atoms with E-state index in [9.17, 15) is 14.7 Å². The lowest BCUT2D eigenvalue weighted by Crippen LogP contribution is -2.43. The molecule has 0 bridgehead atoms. The number of carbonyl (C=O) groups is 2. The fraction of sp³-hybridized carbons (Fsp3) is 0.500. The second kappa shape index (κ2) is 5.76. The Morgan fingerprint density at radius 3 is 2.57 bits per heavy atom. The SMILES string of the molecule is CC(C)(C)OC(=O)N1CCC[C@H]1C(=O)c1ccccc1O. The summed E-state index contributed by atoms with van der Waals surface area (Å²) >= 11 is 0. The molecule has 0 radical (unpaired) electrons. The lowest BCUT2D eigenvalue weighted by atomic mass is 10.0. The van der Waals surface area contributed by atoms with Gasteiger partial charge < -0.3 is 9.84 Å². The van der Waals surface area contributed by atoms with Gasteiger partial charge in [0.1, 0.15) is 11.4 Å². The number of phenolic OH excluding ortho intramolecular Hbond substituents is 1. The summed E-state index contributed by atoms with van der Waals surface area (Å²) in [4.78, 5) is 26.2. The van der Waals surface area contributed by atoms with E-state index in [1.54, 1.807) is 39.0 Å². The van der Waals surface area contributed by atoms with Crippen LogP contribution in [0, 0.1) is 0 Å². The first kappa shape index (κ1) is 15.4. The normalized spacial score (nSPS) is 18.6. The van der Waals surface area contributed by atoms with E-state index in [4.69, 9.17) is 4.74 Å². The number of para-hydroxylation sites is 1. The monoisotopic (exact) mass is 291 g/mol. The molecule has 21 heavy (non-hydrogen) atoms. The van der Waals surface area contributed by atoms with Crippen LogP contribution in [0.4, 0.5) is 4.79 Å². The van der Waals surface area contributed by atoms with Crippen LogP contribution in [-0.2, 0) is 4.74 Å². The molecule has 1 N–H and O–H groups in total. The Hall–Kier alpha value is -2.04. The smallest absolute Gasteiger partial charge is 0.410 e. The van der Waals surface area contributed by atoms with E-state index in [-0.39, 0.29) is 17.1 Å². The number of hydrogen-bond acceptors (Lipinski definition) is 4. The molecule has 1 heterocycles. The number of aromatic hydroxyl groups is 1. The summed E-state index contributed by atoms with van der Waals surface area (Å²) in [5.41, 5.74) is -0.347. The van der Waals surface area contributed by atoms with E-state index in [0.717, 1.165) is 6.42 Å². The lowest BCUT2D eigenvalue weighted by Gasteiger charge is -2.28. The Balaban J connectivity index is 2.17. The minimum atomic E-state index is -0.595. The van der Waals surface area contributed by atoms with Gasteiger partial charge in [0, 0.05) is 6.54 Å². The molecule has 0 aromatic heterocycles. The van der Waals surface area contributed by atoms with Crippen molar-refractivity contribution in [3.05, 3.63) is 29.8 Å². The van der Waals surface area contributed by atoms with E-state index in [1.807, 2.05) is 0 Å². The second-order valence-electron chi connectivity index (χ2n) is 6.21. The molecule has 0 spiro atoms. The van der Waals surface area contributed by atoms with Crippen molar-refractivity contribution >= 4 is 11.9 Å². The Morgan fingerprint density at radius 2 is 1.95 bits per heavy atom. The first-order valence-electron chi connectivity index (χ1n) is 7.11. The number of ketones is 1. The van der Waals surface area contributed by atoms with Crippen LogP contribution in [0.25, 0.3) is 0 Å². The quantitative estimate of drug-likeness (QED) is 0.851. The number of phenols is 1. The van der Waals surface area contributed by atoms with Crippen LogP contribution in [0.5, 0.6) is 5.75 Å².